The Morgan fingerprint density at radius 3 is 2.14 bits per heavy atom. The molecule has 0 saturated carbocycles. The zero-order valence-electron chi connectivity index (χ0n) is 12.6. The van der Waals surface area contributed by atoms with Gasteiger partial charge in [0.05, 0.1) is 11.4 Å². The van der Waals surface area contributed by atoms with Crippen LogP contribution in [-0.2, 0) is 0 Å². The van der Waals surface area contributed by atoms with Crippen LogP contribution in [0.3, 0.4) is 0 Å². The molecule has 0 spiro atoms. The van der Waals surface area contributed by atoms with Gasteiger partial charge in [0, 0.05) is 11.1 Å². The molecule has 0 fully saturated rings. The quantitative estimate of drug-likeness (QED) is 0.486. The second-order valence-electron chi connectivity index (χ2n) is 5.06. The maximum absolute atomic E-state index is 12.7. The normalized spacial score (nSPS) is 13.3. The van der Waals surface area contributed by atoms with Gasteiger partial charge in [-0.25, -0.2) is 0 Å². The summed E-state index contributed by atoms with van der Waals surface area (Å²) in [6, 6.07) is 14.1. The number of hydrogen-bond acceptors (Lipinski definition) is 5. The van der Waals surface area contributed by atoms with Crippen LogP contribution in [0.4, 0.5) is 11.4 Å². The summed E-state index contributed by atoms with van der Waals surface area (Å²) in [6.45, 7) is 3.15. The van der Waals surface area contributed by atoms with Crippen molar-refractivity contribution in [3.05, 3.63) is 59.7 Å². The highest BCUT2D eigenvalue weighted by Crippen LogP contribution is 2.29. The first-order chi connectivity index (χ1) is 10.5. The average Bonchev–Trinajstić information content (AvgIpc) is 2.48. The fourth-order valence-electron chi connectivity index (χ4n) is 2.20. The second kappa shape index (κ2) is 7.06. The number of aliphatic hydroxyl groups excluding tert-OH is 2. The highest BCUT2D eigenvalue weighted by atomic mass is 16.3. The summed E-state index contributed by atoms with van der Waals surface area (Å²) < 4.78 is 0. The molecule has 116 valence electrons. The van der Waals surface area contributed by atoms with Crippen LogP contribution >= 0.6 is 0 Å². The van der Waals surface area contributed by atoms with Crippen molar-refractivity contribution >= 4 is 17.2 Å². The van der Waals surface area contributed by atoms with Gasteiger partial charge >= 0.3 is 0 Å². The first-order valence-corrected chi connectivity index (χ1v) is 7.11. The molecule has 0 bridgehead atoms. The molecule has 2 rings (SSSR count). The van der Waals surface area contributed by atoms with E-state index in [-0.39, 0.29) is 5.78 Å². The minimum Gasteiger partial charge on any atom is -0.374 e. The predicted molar refractivity (Wildman–Crippen MR) is 86.9 cm³/mol. The summed E-state index contributed by atoms with van der Waals surface area (Å²) in [5, 5.41) is 24.9. The molecule has 0 aromatic heterocycles. The molecule has 0 aliphatic carbocycles. The first kappa shape index (κ1) is 16.0. The van der Waals surface area contributed by atoms with Gasteiger partial charge in [0.1, 0.15) is 12.5 Å². The van der Waals surface area contributed by atoms with E-state index in [1.807, 2.05) is 6.07 Å². The van der Waals surface area contributed by atoms with Crippen molar-refractivity contribution in [3.63, 3.8) is 0 Å². The van der Waals surface area contributed by atoms with E-state index in [2.05, 4.69) is 10.6 Å². The van der Waals surface area contributed by atoms with Crippen LogP contribution in [0.2, 0.25) is 0 Å². The van der Waals surface area contributed by atoms with E-state index in [1.54, 1.807) is 56.3 Å². The standard InChI is InChI=1S/C17H20N2O3/c1-11(20)18-15-10-6-9-14(16(15)19-12(2)21)17(22)13-7-4-3-5-8-13/h3-12,18-21H,1-2H3. The van der Waals surface area contributed by atoms with Crippen LogP contribution in [-0.4, -0.2) is 28.5 Å². The van der Waals surface area contributed by atoms with E-state index in [1.165, 1.54) is 0 Å². The second-order valence-corrected chi connectivity index (χ2v) is 5.06. The monoisotopic (exact) mass is 300 g/mol. The minimum absolute atomic E-state index is 0.155. The van der Waals surface area contributed by atoms with E-state index in [0.29, 0.717) is 22.5 Å². The molecule has 0 aliphatic heterocycles. The molecule has 5 nitrogen and oxygen atoms in total. The van der Waals surface area contributed by atoms with E-state index in [0.717, 1.165) is 0 Å². The van der Waals surface area contributed by atoms with Crippen molar-refractivity contribution in [3.8, 4) is 0 Å². The molecule has 0 aliphatic rings. The molecule has 0 heterocycles. The van der Waals surface area contributed by atoms with E-state index < -0.39 is 12.5 Å². The SMILES string of the molecule is CC(O)Nc1cccc(C(=O)c2ccccc2)c1NC(C)O. The number of rotatable bonds is 6. The maximum atomic E-state index is 12.7. The lowest BCUT2D eigenvalue weighted by Crippen LogP contribution is -2.21. The van der Waals surface area contributed by atoms with Gasteiger partial charge in [0.25, 0.3) is 0 Å². The third-order valence-corrected chi connectivity index (χ3v) is 3.06. The smallest absolute Gasteiger partial charge is 0.195 e. The van der Waals surface area contributed by atoms with Gasteiger partial charge < -0.3 is 20.8 Å². The van der Waals surface area contributed by atoms with Crippen molar-refractivity contribution in [1.29, 1.82) is 0 Å². The van der Waals surface area contributed by atoms with Crippen LogP contribution in [0.15, 0.2) is 48.5 Å². The Kier molecular flexibility index (Phi) is 5.14. The largest absolute Gasteiger partial charge is 0.374 e. The van der Waals surface area contributed by atoms with Gasteiger partial charge in [-0.05, 0) is 26.0 Å². The lowest BCUT2D eigenvalue weighted by Gasteiger charge is -2.20. The third kappa shape index (κ3) is 3.84. The number of hydrogen-bond donors (Lipinski definition) is 4. The van der Waals surface area contributed by atoms with Gasteiger partial charge in [-0.2, -0.15) is 0 Å². The number of ketones is 1. The third-order valence-electron chi connectivity index (χ3n) is 3.06. The summed E-state index contributed by atoms with van der Waals surface area (Å²) in [4.78, 5) is 12.7. The number of nitrogens with one attached hydrogen (secondary N) is 2. The average molecular weight is 300 g/mol. The first-order valence-electron chi connectivity index (χ1n) is 7.11. The van der Waals surface area contributed by atoms with Gasteiger partial charge in [-0.15, -0.1) is 0 Å². The van der Waals surface area contributed by atoms with Gasteiger partial charge in [-0.3, -0.25) is 4.79 Å². The molecule has 2 unspecified atom stereocenters. The lowest BCUT2D eigenvalue weighted by atomic mass is 10.0. The number of aliphatic hydroxyl groups is 2. The fraction of sp³-hybridized carbons (Fsp3) is 0.235. The molecular formula is C17H20N2O3. The number of carbonyl (C=O) groups excluding carboxylic acids is 1. The van der Waals surface area contributed by atoms with Crippen molar-refractivity contribution in [2.24, 2.45) is 0 Å². The molecule has 5 heteroatoms. The number of carbonyl (C=O) groups is 1. The molecule has 0 radical (unpaired) electrons. The summed E-state index contributed by atoms with van der Waals surface area (Å²) in [6.07, 6.45) is -1.61. The number of para-hydroxylation sites is 1. The highest BCUT2D eigenvalue weighted by molar-refractivity contribution is 6.13. The predicted octanol–water partition coefficient (Wildman–Crippen LogP) is 2.42. The Balaban J connectivity index is 2.47. The lowest BCUT2D eigenvalue weighted by molar-refractivity contribution is 0.103. The summed E-state index contributed by atoms with van der Waals surface area (Å²) in [5.74, 6) is -0.155. The summed E-state index contributed by atoms with van der Waals surface area (Å²) in [7, 11) is 0. The fourth-order valence-corrected chi connectivity index (χ4v) is 2.20. The number of anilines is 2. The summed E-state index contributed by atoms with van der Waals surface area (Å²) in [5.41, 5.74) is 2.01. The molecule has 4 N–H and O–H groups in total. The molecule has 2 aromatic carbocycles. The van der Waals surface area contributed by atoms with Crippen molar-refractivity contribution in [2.75, 3.05) is 10.6 Å². The Labute approximate surface area is 129 Å². The summed E-state index contributed by atoms with van der Waals surface area (Å²) >= 11 is 0. The molecule has 0 saturated heterocycles. The Morgan fingerprint density at radius 1 is 0.909 bits per heavy atom. The van der Waals surface area contributed by atoms with Crippen molar-refractivity contribution < 1.29 is 15.0 Å². The van der Waals surface area contributed by atoms with E-state index in [9.17, 15) is 15.0 Å². The highest BCUT2D eigenvalue weighted by Gasteiger charge is 2.17. The molecule has 0 amide bonds. The van der Waals surface area contributed by atoms with Gasteiger partial charge in [-0.1, -0.05) is 36.4 Å². The van der Waals surface area contributed by atoms with Gasteiger partial charge in [0.15, 0.2) is 5.78 Å². The number of benzene rings is 2. The molecular weight excluding hydrogens is 280 g/mol. The molecule has 2 aromatic rings. The van der Waals surface area contributed by atoms with Crippen LogP contribution in [0.1, 0.15) is 29.8 Å². The molecule has 22 heavy (non-hydrogen) atoms. The Morgan fingerprint density at radius 2 is 1.55 bits per heavy atom. The maximum Gasteiger partial charge on any atom is 0.195 e. The molecule has 2 atom stereocenters. The van der Waals surface area contributed by atoms with E-state index in [4.69, 9.17) is 0 Å². The van der Waals surface area contributed by atoms with Crippen LogP contribution in [0.25, 0.3) is 0 Å². The van der Waals surface area contributed by atoms with Crippen LogP contribution in [0.5, 0.6) is 0 Å². The zero-order chi connectivity index (χ0) is 16.1. The van der Waals surface area contributed by atoms with Crippen molar-refractivity contribution in [1.82, 2.24) is 0 Å². The topological polar surface area (TPSA) is 81.6 Å². The van der Waals surface area contributed by atoms with Gasteiger partial charge in [0.2, 0.25) is 0 Å². The van der Waals surface area contributed by atoms with E-state index >= 15 is 0 Å². The Bertz CT molecular complexity index is 640. The minimum atomic E-state index is -0.834. The zero-order valence-corrected chi connectivity index (χ0v) is 12.6. The van der Waals surface area contributed by atoms with Crippen LogP contribution in [0, 0.1) is 0 Å². The van der Waals surface area contributed by atoms with Crippen molar-refractivity contribution in [2.45, 2.75) is 26.3 Å². The Hall–Kier alpha value is -2.37. The van der Waals surface area contributed by atoms with Crippen LogP contribution < -0.4 is 10.6 Å².